The van der Waals surface area contributed by atoms with Gasteiger partial charge in [0.25, 0.3) is 0 Å². The van der Waals surface area contributed by atoms with E-state index in [2.05, 4.69) is 4.74 Å². The van der Waals surface area contributed by atoms with Crippen molar-refractivity contribution >= 4 is 16.7 Å². The molecule has 94 valence electrons. The fourth-order valence-corrected chi connectivity index (χ4v) is 2.00. The molecular formula is C15H16O3. The molecule has 2 atom stereocenters. The minimum absolute atomic E-state index is 0.407. The third-order valence-electron chi connectivity index (χ3n) is 3.16. The van der Waals surface area contributed by atoms with E-state index in [4.69, 9.17) is 0 Å². The standard InChI is InChI=1S/C15H16O3/c1-10(15(17)18-2)14(16)13-8-7-11-5-3-4-6-12(11)9-13/h3-10,14,16H,1-2H3/t10-,14+/m1/s1. The minimum Gasteiger partial charge on any atom is -0.469 e. The molecule has 2 aromatic carbocycles. The molecule has 0 fully saturated rings. The van der Waals surface area contributed by atoms with Crippen LogP contribution in [-0.2, 0) is 9.53 Å². The highest BCUT2D eigenvalue weighted by molar-refractivity contribution is 5.83. The third-order valence-corrected chi connectivity index (χ3v) is 3.16. The zero-order chi connectivity index (χ0) is 13.1. The number of hydrogen-bond acceptors (Lipinski definition) is 3. The molecule has 3 heteroatoms. The molecule has 0 aliphatic carbocycles. The van der Waals surface area contributed by atoms with E-state index in [0.29, 0.717) is 0 Å². The number of carbonyl (C=O) groups is 1. The minimum atomic E-state index is -0.845. The summed E-state index contributed by atoms with van der Waals surface area (Å²) in [5, 5.41) is 12.3. The Balaban J connectivity index is 2.33. The summed E-state index contributed by atoms with van der Waals surface area (Å²) in [7, 11) is 1.33. The molecule has 3 nitrogen and oxygen atoms in total. The molecule has 0 unspecified atom stereocenters. The number of carbonyl (C=O) groups excluding carboxylic acids is 1. The molecular weight excluding hydrogens is 228 g/mol. The molecule has 1 N–H and O–H groups in total. The molecule has 0 bridgehead atoms. The van der Waals surface area contributed by atoms with Crippen molar-refractivity contribution in [3.63, 3.8) is 0 Å². The zero-order valence-electron chi connectivity index (χ0n) is 10.5. The van der Waals surface area contributed by atoms with E-state index in [9.17, 15) is 9.90 Å². The first-order chi connectivity index (χ1) is 8.63. The maximum absolute atomic E-state index is 11.4. The average Bonchev–Trinajstić information content (AvgIpc) is 2.44. The molecule has 0 amide bonds. The molecule has 0 spiro atoms. The molecule has 2 rings (SSSR count). The Morgan fingerprint density at radius 1 is 1.17 bits per heavy atom. The average molecular weight is 244 g/mol. The van der Waals surface area contributed by atoms with Crippen LogP contribution in [0.5, 0.6) is 0 Å². The van der Waals surface area contributed by atoms with Crippen LogP contribution in [0.1, 0.15) is 18.6 Å². The largest absolute Gasteiger partial charge is 0.469 e. The van der Waals surface area contributed by atoms with Crippen molar-refractivity contribution in [2.24, 2.45) is 5.92 Å². The monoisotopic (exact) mass is 244 g/mol. The van der Waals surface area contributed by atoms with Gasteiger partial charge in [-0.2, -0.15) is 0 Å². The highest BCUT2D eigenvalue weighted by atomic mass is 16.5. The Hall–Kier alpha value is -1.87. The highest BCUT2D eigenvalue weighted by Crippen LogP contribution is 2.26. The molecule has 18 heavy (non-hydrogen) atoms. The van der Waals surface area contributed by atoms with Gasteiger partial charge in [-0.05, 0) is 29.3 Å². The Morgan fingerprint density at radius 2 is 1.83 bits per heavy atom. The highest BCUT2D eigenvalue weighted by Gasteiger charge is 2.24. The van der Waals surface area contributed by atoms with Gasteiger partial charge in [-0.1, -0.05) is 36.4 Å². The van der Waals surface area contributed by atoms with Gasteiger partial charge in [0.15, 0.2) is 0 Å². The van der Waals surface area contributed by atoms with Crippen molar-refractivity contribution in [2.75, 3.05) is 7.11 Å². The summed E-state index contributed by atoms with van der Waals surface area (Å²) >= 11 is 0. The first-order valence-corrected chi connectivity index (χ1v) is 5.88. The number of ether oxygens (including phenoxy) is 1. The topological polar surface area (TPSA) is 46.5 Å². The second-order valence-electron chi connectivity index (χ2n) is 4.36. The Labute approximate surface area is 106 Å². The number of rotatable bonds is 3. The fraction of sp³-hybridized carbons (Fsp3) is 0.267. The lowest BCUT2D eigenvalue weighted by atomic mass is 9.95. The van der Waals surface area contributed by atoms with Gasteiger partial charge in [-0.3, -0.25) is 4.79 Å². The number of aliphatic hydroxyl groups excluding tert-OH is 1. The number of fused-ring (bicyclic) bond motifs is 1. The molecule has 0 aromatic heterocycles. The second-order valence-corrected chi connectivity index (χ2v) is 4.36. The second kappa shape index (κ2) is 5.19. The van der Waals surface area contributed by atoms with E-state index in [1.807, 2.05) is 42.5 Å². The van der Waals surface area contributed by atoms with E-state index in [-0.39, 0.29) is 0 Å². The predicted molar refractivity (Wildman–Crippen MR) is 70.1 cm³/mol. The van der Waals surface area contributed by atoms with Crippen LogP contribution in [0.2, 0.25) is 0 Å². The van der Waals surface area contributed by atoms with Gasteiger partial charge in [0, 0.05) is 0 Å². The molecule has 0 aliphatic heterocycles. The maximum atomic E-state index is 11.4. The third kappa shape index (κ3) is 2.36. The summed E-state index contributed by atoms with van der Waals surface area (Å²) < 4.78 is 4.64. The van der Waals surface area contributed by atoms with Gasteiger partial charge < -0.3 is 9.84 Å². The van der Waals surface area contributed by atoms with Gasteiger partial charge in [-0.25, -0.2) is 0 Å². The lowest BCUT2D eigenvalue weighted by Gasteiger charge is -2.17. The molecule has 0 heterocycles. The van der Waals surface area contributed by atoms with Crippen LogP contribution < -0.4 is 0 Å². The summed E-state index contributed by atoms with van der Waals surface area (Å²) in [6, 6.07) is 13.6. The van der Waals surface area contributed by atoms with Crippen molar-refractivity contribution in [2.45, 2.75) is 13.0 Å². The van der Waals surface area contributed by atoms with E-state index >= 15 is 0 Å². The lowest BCUT2D eigenvalue weighted by Crippen LogP contribution is -2.20. The lowest BCUT2D eigenvalue weighted by molar-refractivity contribution is -0.148. The number of hydrogen-bond donors (Lipinski definition) is 1. The van der Waals surface area contributed by atoms with Crippen molar-refractivity contribution in [3.8, 4) is 0 Å². The predicted octanol–water partition coefficient (Wildman–Crippen LogP) is 2.68. The van der Waals surface area contributed by atoms with Gasteiger partial charge in [-0.15, -0.1) is 0 Å². The van der Waals surface area contributed by atoms with Gasteiger partial charge >= 0.3 is 5.97 Å². The molecule has 0 saturated heterocycles. The molecule has 0 aliphatic rings. The number of methoxy groups -OCH3 is 1. The van der Waals surface area contributed by atoms with Crippen molar-refractivity contribution in [1.29, 1.82) is 0 Å². The van der Waals surface area contributed by atoms with E-state index in [0.717, 1.165) is 16.3 Å². The Kier molecular flexibility index (Phi) is 3.63. The van der Waals surface area contributed by atoms with Crippen LogP contribution in [0.15, 0.2) is 42.5 Å². The van der Waals surface area contributed by atoms with Crippen molar-refractivity contribution in [1.82, 2.24) is 0 Å². The summed E-state index contributed by atoms with van der Waals surface area (Å²) in [5.74, 6) is -0.980. The molecule has 2 aromatic rings. The summed E-state index contributed by atoms with van der Waals surface area (Å²) in [6.45, 7) is 1.66. The van der Waals surface area contributed by atoms with E-state index in [1.54, 1.807) is 6.92 Å². The summed E-state index contributed by atoms with van der Waals surface area (Å²) in [6.07, 6.45) is -0.845. The Bertz CT molecular complexity index is 562. The molecule has 0 saturated carbocycles. The quantitative estimate of drug-likeness (QED) is 0.844. The van der Waals surface area contributed by atoms with Crippen LogP contribution >= 0.6 is 0 Å². The SMILES string of the molecule is COC(=O)[C@H](C)[C@H](O)c1ccc2ccccc2c1. The van der Waals surface area contributed by atoms with Crippen molar-refractivity contribution < 1.29 is 14.6 Å². The smallest absolute Gasteiger partial charge is 0.311 e. The summed E-state index contributed by atoms with van der Waals surface area (Å²) in [4.78, 5) is 11.4. The maximum Gasteiger partial charge on any atom is 0.311 e. The number of esters is 1. The van der Waals surface area contributed by atoms with Crippen LogP contribution in [0.4, 0.5) is 0 Å². The first kappa shape index (κ1) is 12.6. The van der Waals surface area contributed by atoms with E-state index in [1.165, 1.54) is 7.11 Å². The first-order valence-electron chi connectivity index (χ1n) is 5.88. The van der Waals surface area contributed by atoms with E-state index < -0.39 is 18.0 Å². The van der Waals surface area contributed by atoms with Gasteiger partial charge in [0.05, 0.1) is 19.1 Å². The Morgan fingerprint density at radius 3 is 2.50 bits per heavy atom. The fourth-order valence-electron chi connectivity index (χ4n) is 2.00. The van der Waals surface area contributed by atoms with Crippen LogP contribution in [0.3, 0.4) is 0 Å². The van der Waals surface area contributed by atoms with Crippen LogP contribution in [-0.4, -0.2) is 18.2 Å². The number of benzene rings is 2. The normalized spacial score (nSPS) is 14.2. The van der Waals surface area contributed by atoms with Crippen LogP contribution in [0.25, 0.3) is 10.8 Å². The van der Waals surface area contributed by atoms with Crippen molar-refractivity contribution in [3.05, 3.63) is 48.0 Å². The van der Waals surface area contributed by atoms with Crippen LogP contribution in [0, 0.1) is 5.92 Å². The molecule has 0 radical (unpaired) electrons. The van der Waals surface area contributed by atoms with Gasteiger partial charge in [0.2, 0.25) is 0 Å². The number of aliphatic hydroxyl groups is 1. The zero-order valence-corrected chi connectivity index (χ0v) is 10.5. The van der Waals surface area contributed by atoms with Gasteiger partial charge in [0.1, 0.15) is 0 Å². The summed E-state index contributed by atoms with van der Waals surface area (Å²) in [5.41, 5.74) is 0.728.